The molecule has 0 saturated carbocycles. The molecule has 190 valence electrons. The van der Waals surface area contributed by atoms with Gasteiger partial charge in [0.05, 0.1) is 17.6 Å². The van der Waals surface area contributed by atoms with Crippen molar-refractivity contribution in [3.8, 4) is 0 Å². The first-order valence-electron chi connectivity index (χ1n) is 12.5. The van der Waals surface area contributed by atoms with Gasteiger partial charge in [0.1, 0.15) is 11.9 Å². The summed E-state index contributed by atoms with van der Waals surface area (Å²) < 4.78 is 7.35. The van der Waals surface area contributed by atoms with Gasteiger partial charge < -0.3 is 19.9 Å². The number of methoxy groups -OCH3 is 1. The molecule has 0 spiro atoms. The van der Waals surface area contributed by atoms with Crippen LogP contribution in [-0.4, -0.2) is 47.7 Å². The van der Waals surface area contributed by atoms with Crippen LogP contribution in [0.1, 0.15) is 74.1 Å². The summed E-state index contributed by atoms with van der Waals surface area (Å²) in [6, 6.07) is 9.61. The minimum atomic E-state index is -0.605. The molecule has 35 heavy (non-hydrogen) atoms. The van der Waals surface area contributed by atoms with E-state index in [1.807, 2.05) is 32.0 Å². The largest absolute Gasteiger partial charge is 0.383 e. The Morgan fingerprint density at radius 3 is 2.57 bits per heavy atom. The van der Waals surface area contributed by atoms with E-state index in [1.54, 1.807) is 18.4 Å². The average Bonchev–Trinajstić information content (AvgIpc) is 3.47. The number of amides is 2. The molecule has 0 aliphatic heterocycles. The molecule has 0 unspecified atom stereocenters. The Morgan fingerprint density at radius 2 is 1.94 bits per heavy atom. The number of fused-ring (bicyclic) bond motifs is 1. The van der Waals surface area contributed by atoms with Crippen LogP contribution < -0.4 is 10.6 Å². The molecule has 8 heteroatoms. The minimum absolute atomic E-state index is 0.193. The summed E-state index contributed by atoms with van der Waals surface area (Å²) in [6.07, 6.45) is 3.34. The zero-order chi connectivity index (χ0) is 25.4. The Hall–Kier alpha value is -2.71. The molecule has 0 aliphatic rings. The molecule has 2 heterocycles. The number of ether oxygens (including phenoxy) is 1. The third-order valence-electron chi connectivity index (χ3n) is 6.18. The first-order chi connectivity index (χ1) is 16.9. The number of rotatable bonds is 13. The maximum absolute atomic E-state index is 13.2. The van der Waals surface area contributed by atoms with E-state index in [-0.39, 0.29) is 17.7 Å². The van der Waals surface area contributed by atoms with Crippen molar-refractivity contribution >= 4 is 34.2 Å². The van der Waals surface area contributed by atoms with Crippen molar-refractivity contribution in [1.29, 1.82) is 0 Å². The van der Waals surface area contributed by atoms with Crippen LogP contribution in [0.15, 0.2) is 35.7 Å². The van der Waals surface area contributed by atoms with E-state index in [9.17, 15) is 9.59 Å². The summed E-state index contributed by atoms with van der Waals surface area (Å²) >= 11 is 1.73. The van der Waals surface area contributed by atoms with Crippen LogP contribution in [0.25, 0.3) is 11.0 Å². The zero-order valence-electron chi connectivity index (χ0n) is 21.5. The van der Waals surface area contributed by atoms with Crippen LogP contribution in [0.5, 0.6) is 0 Å². The molecule has 2 N–H and O–H groups in total. The third-order valence-corrected chi connectivity index (χ3v) is 7.06. The van der Waals surface area contributed by atoms with Gasteiger partial charge in [-0.2, -0.15) is 0 Å². The number of imidazole rings is 1. The van der Waals surface area contributed by atoms with Crippen molar-refractivity contribution in [3.05, 3.63) is 52.0 Å². The molecule has 0 saturated heterocycles. The zero-order valence-corrected chi connectivity index (χ0v) is 22.3. The lowest BCUT2D eigenvalue weighted by Crippen LogP contribution is -2.48. The molecule has 2 amide bonds. The Bertz CT molecular complexity index is 1100. The lowest BCUT2D eigenvalue weighted by molar-refractivity contribution is -0.123. The summed E-state index contributed by atoms with van der Waals surface area (Å²) in [5.74, 6) is 0.813. The number of nitrogens with zero attached hydrogens (tertiary/aromatic N) is 2. The van der Waals surface area contributed by atoms with Crippen molar-refractivity contribution in [2.45, 2.75) is 65.5 Å². The van der Waals surface area contributed by atoms with Crippen molar-refractivity contribution in [2.24, 2.45) is 5.92 Å². The fourth-order valence-corrected chi connectivity index (χ4v) is 5.09. The minimum Gasteiger partial charge on any atom is -0.383 e. The lowest BCUT2D eigenvalue weighted by atomic mass is 10.0. The van der Waals surface area contributed by atoms with Gasteiger partial charge >= 0.3 is 0 Å². The molecule has 1 atom stereocenters. The fourth-order valence-electron chi connectivity index (χ4n) is 4.39. The number of benzene rings is 1. The van der Waals surface area contributed by atoms with Gasteiger partial charge in [0.2, 0.25) is 5.91 Å². The van der Waals surface area contributed by atoms with Gasteiger partial charge in [-0.1, -0.05) is 33.8 Å². The van der Waals surface area contributed by atoms with Crippen LogP contribution in [-0.2, 0) is 16.0 Å². The van der Waals surface area contributed by atoms with E-state index in [4.69, 9.17) is 9.72 Å². The van der Waals surface area contributed by atoms with Crippen LogP contribution >= 0.6 is 11.3 Å². The number of carbonyl (C=O) groups excluding carboxylic acids is 2. The van der Waals surface area contributed by atoms with Crippen molar-refractivity contribution in [1.82, 2.24) is 20.2 Å². The van der Waals surface area contributed by atoms with Gasteiger partial charge in [0, 0.05) is 36.6 Å². The molecule has 7 nitrogen and oxygen atoms in total. The topological polar surface area (TPSA) is 85.2 Å². The number of hydrogen-bond acceptors (Lipinski definition) is 5. The normalized spacial score (nSPS) is 12.4. The summed E-state index contributed by atoms with van der Waals surface area (Å²) in [6.45, 7) is 9.30. The Morgan fingerprint density at radius 1 is 1.17 bits per heavy atom. The molecular weight excluding hydrogens is 460 g/mol. The number of aromatic nitrogens is 2. The number of hydrogen-bond donors (Lipinski definition) is 2. The van der Waals surface area contributed by atoms with Crippen LogP contribution in [0.4, 0.5) is 0 Å². The second-order valence-electron chi connectivity index (χ2n) is 9.27. The van der Waals surface area contributed by atoms with E-state index in [1.165, 1.54) is 4.88 Å². The smallest absolute Gasteiger partial charge is 0.252 e. The molecule has 0 bridgehead atoms. The van der Waals surface area contributed by atoms with Gasteiger partial charge in [-0.25, -0.2) is 4.98 Å². The number of nitrogens with one attached hydrogen (secondary N) is 2. The van der Waals surface area contributed by atoms with Crippen molar-refractivity contribution in [3.63, 3.8) is 0 Å². The second-order valence-corrected chi connectivity index (χ2v) is 10.3. The van der Waals surface area contributed by atoms with E-state index < -0.39 is 6.04 Å². The predicted molar refractivity (Wildman–Crippen MR) is 142 cm³/mol. The monoisotopic (exact) mass is 498 g/mol. The number of carbonyl (C=O) groups is 2. The second kappa shape index (κ2) is 12.8. The highest BCUT2D eigenvalue weighted by Gasteiger charge is 2.24. The highest BCUT2D eigenvalue weighted by Crippen LogP contribution is 2.28. The molecule has 3 rings (SSSR count). The molecular formula is C27H38N4O3S. The summed E-state index contributed by atoms with van der Waals surface area (Å²) in [7, 11) is 1.59. The number of thiophene rings is 1. The van der Waals surface area contributed by atoms with Crippen molar-refractivity contribution < 1.29 is 14.3 Å². The predicted octanol–water partition coefficient (Wildman–Crippen LogP) is 4.96. The van der Waals surface area contributed by atoms with Gasteiger partial charge in [0.15, 0.2) is 0 Å². The molecule has 0 aliphatic carbocycles. The molecule has 1 aromatic carbocycles. The summed E-state index contributed by atoms with van der Waals surface area (Å²) in [5, 5.41) is 7.86. The molecule has 3 aromatic rings. The Kier molecular flexibility index (Phi) is 9.86. The van der Waals surface area contributed by atoms with Gasteiger partial charge in [-0.05, 0) is 54.8 Å². The highest BCUT2D eigenvalue weighted by molar-refractivity contribution is 7.09. The van der Waals surface area contributed by atoms with E-state index in [0.717, 1.165) is 36.1 Å². The summed E-state index contributed by atoms with van der Waals surface area (Å²) in [4.78, 5) is 32.1. The van der Waals surface area contributed by atoms with Crippen LogP contribution in [0.2, 0.25) is 0 Å². The van der Waals surface area contributed by atoms with Gasteiger partial charge in [0.25, 0.3) is 5.91 Å². The molecule has 2 aromatic heterocycles. The van der Waals surface area contributed by atoms with E-state index >= 15 is 0 Å². The fraction of sp³-hybridized carbons (Fsp3) is 0.519. The molecule has 0 radical (unpaired) electrons. The molecule has 0 fully saturated rings. The first-order valence-corrected chi connectivity index (χ1v) is 13.4. The van der Waals surface area contributed by atoms with Crippen LogP contribution in [0.3, 0.4) is 0 Å². The van der Waals surface area contributed by atoms with Gasteiger partial charge in [-0.3, -0.25) is 9.59 Å². The Balaban J connectivity index is 1.88. The van der Waals surface area contributed by atoms with Gasteiger partial charge in [-0.15, -0.1) is 11.3 Å². The SMILES string of the molecule is CCC(CC)n1c(Cc2cccs2)nc2cc(C(=O)N[C@@H](CC(C)C)C(=O)NCCOC)ccc21. The summed E-state index contributed by atoms with van der Waals surface area (Å²) in [5.41, 5.74) is 2.35. The van der Waals surface area contributed by atoms with E-state index in [2.05, 4.69) is 46.6 Å². The first kappa shape index (κ1) is 26.9. The van der Waals surface area contributed by atoms with Crippen LogP contribution in [0, 0.1) is 5.92 Å². The van der Waals surface area contributed by atoms with E-state index in [0.29, 0.717) is 31.2 Å². The highest BCUT2D eigenvalue weighted by atomic mass is 32.1. The third kappa shape index (κ3) is 6.92. The maximum Gasteiger partial charge on any atom is 0.252 e. The lowest BCUT2D eigenvalue weighted by Gasteiger charge is -2.20. The van der Waals surface area contributed by atoms with Crippen molar-refractivity contribution in [2.75, 3.05) is 20.3 Å². The average molecular weight is 499 g/mol. The maximum atomic E-state index is 13.2. The Labute approximate surface area is 212 Å². The quantitative estimate of drug-likeness (QED) is 0.326. The standard InChI is InChI=1S/C27H38N4O3S/c1-6-20(7-2)31-24-11-10-19(16-22(24)29-25(31)17-21-9-8-14-35-21)26(32)30-23(15-18(3)4)27(33)28-12-13-34-5/h8-11,14,16,18,20,23H,6-7,12-13,15,17H2,1-5H3,(H,28,33)(H,30,32)/t23-/m0/s1.